The Morgan fingerprint density at radius 3 is 2.46 bits per heavy atom. The van der Waals surface area contributed by atoms with Gasteiger partial charge in [0.25, 0.3) is 0 Å². The highest BCUT2D eigenvalue weighted by Gasteiger charge is 2.20. The van der Waals surface area contributed by atoms with Crippen molar-refractivity contribution in [1.82, 2.24) is 19.7 Å². The van der Waals surface area contributed by atoms with Crippen LogP contribution in [0.3, 0.4) is 0 Å². The standard InChI is InChI=1S/C25H23FN6O2S/c26-20-8-10-21(11-9-20)31(14-12-22(27)33)23(34)17-35-25-30-29-24(19-7-4-13-28-15-19)32(25)16-18-5-2-1-3-6-18/h1-11,13,15H,12,14,16-17H2,(H2,27,33). The van der Waals surface area contributed by atoms with E-state index in [4.69, 9.17) is 5.73 Å². The third-order valence-electron chi connectivity index (χ3n) is 5.17. The molecule has 4 rings (SSSR count). The zero-order valence-corrected chi connectivity index (χ0v) is 19.6. The van der Waals surface area contributed by atoms with E-state index in [9.17, 15) is 14.0 Å². The number of nitrogens with zero attached hydrogens (tertiary/aromatic N) is 5. The van der Waals surface area contributed by atoms with Gasteiger partial charge in [0.1, 0.15) is 5.82 Å². The van der Waals surface area contributed by atoms with Gasteiger partial charge in [-0.05, 0) is 42.0 Å². The summed E-state index contributed by atoms with van der Waals surface area (Å²) in [5.41, 5.74) is 7.64. The Labute approximate surface area is 206 Å². The summed E-state index contributed by atoms with van der Waals surface area (Å²) in [6, 6.07) is 19.1. The smallest absolute Gasteiger partial charge is 0.237 e. The Morgan fingerprint density at radius 2 is 1.77 bits per heavy atom. The number of rotatable bonds is 10. The maximum Gasteiger partial charge on any atom is 0.237 e. The molecule has 2 heterocycles. The number of benzene rings is 2. The van der Waals surface area contributed by atoms with Crippen LogP contribution in [0.5, 0.6) is 0 Å². The molecule has 0 aliphatic heterocycles. The predicted octanol–water partition coefficient (Wildman–Crippen LogP) is 3.53. The fourth-order valence-electron chi connectivity index (χ4n) is 3.46. The van der Waals surface area contributed by atoms with Crippen molar-refractivity contribution in [3.63, 3.8) is 0 Å². The molecule has 0 spiro atoms. The minimum absolute atomic E-state index is 0.0108. The Balaban J connectivity index is 1.57. The molecule has 2 aromatic carbocycles. The molecule has 35 heavy (non-hydrogen) atoms. The van der Waals surface area contributed by atoms with Crippen LogP contribution >= 0.6 is 11.8 Å². The number of halogens is 1. The van der Waals surface area contributed by atoms with E-state index in [-0.39, 0.29) is 24.6 Å². The summed E-state index contributed by atoms with van der Waals surface area (Å²) in [5.74, 6) is -0.527. The molecule has 2 aromatic heterocycles. The lowest BCUT2D eigenvalue weighted by atomic mass is 10.2. The van der Waals surface area contributed by atoms with Gasteiger partial charge in [-0.1, -0.05) is 42.1 Å². The lowest BCUT2D eigenvalue weighted by Gasteiger charge is -2.22. The van der Waals surface area contributed by atoms with Crippen LogP contribution < -0.4 is 10.6 Å². The molecular formula is C25H23FN6O2S. The zero-order valence-electron chi connectivity index (χ0n) is 18.8. The van der Waals surface area contributed by atoms with E-state index in [1.807, 2.05) is 47.0 Å². The van der Waals surface area contributed by atoms with Crippen LogP contribution in [0, 0.1) is 5.82 Å². The quantitative estimate of drug-likeness (QED) is 0.341. The third kappa shape index (κ3) is 6.30. The van der Waals surface area contributed by atoms with Gasteiger partial charge in [-0.3, -0.25) is 19.1 Å². The Hall–Kier alpha value is -4.05. The number of carbonyl (C=O) groups excluding carboxylic acids is 2. The number of hydrogen-bond acceptors (Lipinski definition) is 6. The maximum absolute atomic E-state index is 13.4. The summed E-state index contributed by atoms with van der Waals surface area (Å²) in [7, 11) is 0. The van der Waals surface area contributed by atoms with E-state index in [1.165, 1.54) is 40.9 Å². The van der Waals surface area contributed by atoms with E-state index in [0.717, 1.165) is 11.1 Å². The van der Waals surface area contributed by atoms with Gasteiger partial charge in [-0.2, -0.15) is 0 Å². The average molecular weight is 491 g/mol. The summed E-state index contributed by atoms with van der Waals surface area (Å²) in [5, 5.41) is 9.25. The van der Waals surface area contributed by atoms with Crippen molar-refractivity contribution in [2.24, 2.45) is 5.73 Å². The highest BCUT2D eigenvalue weighted by molar-refractivity contribution is 7.99. The molecule has 0 radical (unpaired) electrons. The third-order valence-corrected chi connectivity index (χ3v) is 6.12. The molecule has 4 aromatic rings. The first-order valence-corrected chi connectivity index (χ1v) is 11.8. The monoisotopic (exact) mass is 490 g/mol. The van der Waals surface area contributed by atoms with Crippen LogP contribution in [-0.2, 0) is 16.1 Å². The second kappa shape index (κ2) is 11.4. The Kier molecular flexibility index (Phi) is 7.84. The number of anilines is 1. The molecule has 0 unspecified atom stereocenters. The number of amides is 2. The van der Waals surface area contributed by atoms with Crippen molar-refractivity contribution in [1.29, 1.82) is 0 Å². The van der Waals surface area contributed by atoms with Crippen LogP contribution in [0.4, 0.5) is 10.1 Å². The zero-order chi connectivity index (χ0) is 24.6. The van der Waals surface area contributed by atoms with Gasteiger partial charge in [0.05, 0.1) is 12.3 Å². The van der Waals surface area contributed by atoms with Gasteiger partial charge in [0.15, 0.2) is 11.0 Å². The molecule has 0 bridgehead atoms. The predicted molar refractivity (Wildman–Crippen MR) is 132 cm³/mol. The second-order valence-electron chi connectivity index (χ2n) is 7.65. The molecule has 0 atom stereocenters. The highest BCUT2D eigenvalue weighted by atomic mass is 32.2. The Bertz CT molecular complexity index is 1280. The average Bonchev–Trinajstić information content (AvgIpc) is 3.27. The Morgan fingerprint density at radius 1 is 1.00 bits per heavy atom. The van der Waals surface area contributed by atoms with E-state index in [2.05, 4.69) is 15.2 Å². The molecule has 178 valence electrons. The first kappa shape index (κ1) is 24.1. The molecule has 10 heteroatoms. The highest BCUT2D eigenvalue weighted by Crippen LogP contribution is 2.26. The van der Waals surface area contributed by atoms with Crippen LogP contribution in [0.15, 0.2) is 84.3 Å². The number of primary amides is 1. The number of nitrogens with two attached hydrogens (primary N) is 1. The summed E-state index contributed by atoms with van der Waals surface area (Å²) in [4.78, 5) is 30.1. The molecule has 0 saturated heterocycles. The minimum Gasteiger partial charge on any atom is -0.370 e. The fourth-order valence-corrected chi connectivity index (χ4v) is 4.27. The van der Waals surface area contributed by atoms with Crippen molar-refractivity contribution in [3.8, 4) is 11.4 Å². The fraction of sp³-hybridized carbons (Fsp3) is 0.160. The van der Waals surface area contributed by atoms with E-state index in [0.29, 0.717) is 23.2 Å². The van der Waals surface area contributed by atoms with E-state index >= 15 is 0 Å². The van der Waals surface area contributed by atoms with Gasteiger partial charge in [0, 0.05) is 36.6 Å². The van der Waals surface area contributed by atoms with Crippen LogP contribution in [0.1, 0.15) is 12.0 Å². The minimum atomic E-state index is -0.527. The first-order chi connectivity index (χ1) is 17.0. The summed E-state index contributed by atoms with van der Waals surface area (Å²) < 4.78 is 15.3. The largest absolute Gasteiger partial charge is 0.370 e. The van der Waals surface area contributed by atoms with Crippen LogP contribution in [0.2, 0.25) is 0 Å². The van der Waals surface area contributed by atoms with Crippen molar-refractivity contribution >= 4 is 29.3 Å². The van der Waals surface area contributed by atoms with Crippen molar-refractivity contribution in [2.45, 2.75) is 18.1 Å². The van der Waals surface area contributed by atoms with Crippen LogP contribution in [-0.4, -0.2) is 43.9 Å². The SMILES string of the molecule is NC(=O)CCN(C(=O)CSc1nnc(-c2cccnc2)n1Cc1ccccc1)c1ccc(F)cc1. The lowest BCUT2D eigenvalue weighted by Crippen LogP contribution is -2.35. The topological polar surface area (TPSA) is 107 Å². The molecule has 0 aliphatic carbocycles. The van der Waals surface area contributed by atoms with E-state index in [1.54, 1.807) is 12.4 Å². The van der Waals surface area contributed by atoms with Crippen molar-refractivity contribution in [3.05, 3.63) is 90.5 Å². The van der Waals surface area contributed by atoms with E-state index < -0.39 is 11.7 Å². The van der Waals surface area contributed by atoms with Crippen molar-refractivity contribution < 1.29 is 14.0 Å². The van der Waals surface area contributed by atoms with Gasteiger partial charge < -0.3 is 10.6 Å². The molecule has 0 saturated carbocycles. The number of hydrogen-bond donors (Lipinski definition) is 1. The van der Waals surface area contributed by atoms with Gasteiger partial charge >= 0.3 is 0 Å². The van der Waals surface area contributed by atoms with Gasteiger partial charge in [-0.15, -0.1) is 10.2 Å². The molecule has 0 aliphatic rings. The van der Waals surface area contributed by atoms with Crippen molar-refractivity contribution in [2.75, 3.05) is 17.2 Å². The summed E-state index contributed by atoms with van der Waals surface area (Å²) in [6.45, 7) is 0.607. The molecule has 0 fully saturated rings. The van der Waals surface area contributed by atoms with Crippen LogP contribution in [0.25, 0.3) is 11.4 Å². The number of carbonyl (C=O) groups is 2. The molecular weight excluding hydrogens is 467 g/mol. The lowest BCUT2D eigenvalue weighted by molar-refractivity contribution is -0.118. The molecule has 8 nitrogen and oxygen atoms in total. The maximum atomic E-state index is 13.4. The molecule has 2 N–H and O–H groups in total. The number of pyridine rings is 1. The number of aromatic nitrogens is 4. The first-order valence-electron chi connectivity index (χ1n) is 10.9. The molecule has 2 amide bonds. The summed E-state index contributed by atoms with van der Waals surface area (Å²) >= 11 is 1.24. The second-order valence-corrected chi connectivity index (χ2v) is 8.59. The number of thioether (sulfide) groups is 1. The van der Waals surface area contributed by atoms with Gasteiger partial charge in [0.2, 0.25) is 11.8 Å². The normalized spacial score (nSPS) is 10.8. The summed E-state index contributed by atoms with van der Waals surface area (Å²) in [6.07, 6.45) is 3.39. The van der Waals surface area contributed by atoms with Gasteiger partial charge in [-0.25, -0.2) is 4.39 Å².